The molecule has 9 heteroatoms. The second-order valence-electron chi connectivity index (χ2n) is 8.04. The number of benzene rings is 1. The van der Waals surface area contributed by atoms with E-state index in [9.17, 15) is 14.4 Å². The molecule has 0 aliphatic heterocycles. The van der Waals surface area contributed by atoms with Gasteiger partial charge in [0.15, 0.2) is 5.16 Å². The van der Waals surface area contributed by atoms with Crippen molar-refractivity contribution in [2.24, 2.45) is 0 Å². The first-order valence-electron chi connectivity index (χ1n) is 10.6. The summed E-state index contributed by atoms with van der Waals surface area (Å²) in [6.45, 7) is 5.68. The van der Waals surface area contributed by atoms with Gasteiger partial charge in [0.1, 0.15) is 4.83 Å². The van der Waals surface area contributed by atoms with Crippen LogP contribution in [0.1, 0.15) is 41.3 Å². The molecule has 3 amide bonds. The lowest BCUT2D eigenvalue weighted by atomic mass is 9.97. The average molecular weight is 471 g/mol. The van der Waals surface area contributed by atoms with Gasteiger partial charge in [0.2, 0.25) is 5.91 Å². The fourth-order valence-electron chi connectivity index (χ4n) is 4.02. The number of urea groups is 1. The van der Waals surface area contributed by atoms with Crippen molar-refractivity contribution >= 4 is 45.3 Å². The maximum absolute atomic E-state index is 13.8. The van der Waals surface area contributed by atoms with Crippen molar-refractivity contribution in [3.8, 4) is 5.69 Å². The van der Waals surface area contributed by atoms with Crippen LogP contribution in [-0.4, -0.2) is 33.8 Å². The van der Waals surface area contributed by atoms with Gasteiger partial charge in [-0.1, -0.05) is 29.5 Å². The number of hydrogen-bond acceptors (Lipinski definition) is 6. The number of nitrogens with zero attached hydrogens (tertiary/aromatic N) is 2. The van der Waals surface area contributed by atoms with Gasteiger partial charge in [-0.25, -0.2) is 9.78 Å². The number of amides is 3. The minimum atomic E-state index is -0.622. The third kappa shape index (κ3) is 4.19. The zero-order chi connectivity index (χ0) is 23.0. The Morgan fingerprint density at radius 2 is 1.97 bits per heavy atom. The molecule has 0 spiro atoms. The molecule has 0 saturated heterocycles. The fourth-order valence-corrected chi connectivity index (χ4v) is 6.24. The van der Waals surface area contributed by atoms with Gasteiger partial charge in [-0.15, -0.1) is 11.3 Å². The Kier molecular flexibility index (Phi) is 6.39. The second kappa shape index (κ2) is 9.07. The summed E-state index contributed by atoms with van der Waals surface area (Å²) in [6, 6.07) is 5.37. The van der Waals surface area contributed by atoms with E-state index in [-0.39, 0.29) is 5.56 Å². The molecule has 1 aliphatic carbocycles. The smallest absolute Gasteiger partial charge is 0.321 e. The van der Waals surface area contributed by atoms with E-state index >= 15 is 0 Å². The van der Waals surface area contributed by atoms with E-state index in [0.717, 1.165) is 52.9 Å². The second-order valence-corrected chi connectivity index (χ2v) is 10.4. The van der Waals surface area contributed by atoms with Crippen molar-refractivity contribution in [1.29, 1.82) is 0 Å². The van der Waals surface area contributed by atoms with Crippen LogP contribution in [0.4, 0.5) is 4.79 Å². The number of aromatic nitrogens is 2. The van der Waals surface area contributed by atoms with Gasteiger partial charge in [-0.3, -0.25) is 19.5 Å². The first-order valence-corrected chi connectivity index (χ1v) is 12.3. The maximum Gasteiger partial charge on any atom is 0.321 e. The predicted molar refractivity (Wildman–Crippen MR) is 129 cm³/mol. The number of nitrogens with one attached hydrogen (secondary N) is 2. The Morgan fingerprint density at radius 1 is 1.22 bits per heavy atom. The molecule has 1 atom stereocenters. The van der Waals surface area contributed by atoms with Crippen molar-refractivity contribution in [1.82, 2.24) is 20.2 Å². The zero-order valence-electron chi connectivity index (χ0n) is 18.6. The summed E-state index contributed by atoms with van der Waals surface area (Å²) in [5.41, 5.74) is 3.86. The third-order valence-electron chi connectivity index (χ3n) is 5.67. The van der Waals surface area contributed by atoms with Gasteiger partial charge in [0.25, 0.3) is 5.56 Å². The molecule has 3 aromatic rings. The quantitative estimate of drug-likeness (QED) is 0.446. The van der Waals surface area contributed by atoms with Gasteiger partial charge in [-0.2, -0.15) is 0 Å². The molecule has 1 unspecified atom stereocenters. The minimum Gasteiger partial charge on any atom is -0.341 e. The lowest BCUT2D eigenvalue weighted by Crippen LogP contribution is -2.41. The summed E-state index contributed by atoms with van der Waals surface area (Å²) in [7, 11) is 1.45. The van der Waals surface area contributed by atoms with Crippen LogP contribution in [0.3, 0.4) is 0 Å². The van der Waals surface area contributed by atoms with E-state index in [2.05, 4.69) is 10.6 Å². The predicted octanol–water partition coefficient (Wildman–Crippen LogP) is 3.88. The average Bonchev–Trinajstić information content (AvgIpc) is 3.13. The first-order chi connectivity index (χ1) is 15.3. The molecule has 1 aromatic carbocycles. The number of fused-ring (bicyclic) bond motifs is 3. The molecule has 0 radical (unpaired) electrons. The molecule has 1 aliphatic rings. The summed E-state index contributed by atoms with van der Waals surface area (Å²) in [6.07, 6.45) is 4.09. The van der Waals surface area contributed by atoms with Crippen molar-refractivity contribution in [2.75, 3.05) is 7.05 Å². The standard InChI is InChI=1S/C23H26N4O3S2/c1-12-9-10-16(13(2)11-12)27-21(29)18-15-7-5-6-8-17(15)32-20(18)26-23(27)31-14(3)19(28)25-22(30)24-4/h9-11,14H,5-8H2,1-4H3,(H2,24,25,28,30). The zero-order valence-corrected chi connectivity index (χ0v) is 20.2. The van der Waals surface area contributed by atoms with Crippen LogP contribution in [0, 0.1) is 13.8 Å². The van der Waals surface area contributed by atoms with E-state index in [1.54, 1.807) is 22.8 Å². The molecule has 168 valence electrons. The summed E-state index contributed by atoms with van der Waals surface area (Å²) >= 11 is 2.77. The molecule has 2 N–H and O–H groups in total. The van der Waals surface area contributed by atoms with E-state index in [0.29, 0.717) is 10.5 Å². The highest BCUT2D eigenvalue weighted by Gasteiger charge is 2.26. The van der Waals surface area contributed by atoms with Crippen molar-refractivity contribution in [2.45, 2.75) is 56.9 Å². The van der Waals surface area contributed by atoms with Crippen LogP contribution in [0.15, 0.2) is 28.2 Å². The normalized spacial score (nSPS) is 14.1. The van der Waals surface area contributed by atoms with Crippen LogP contribution in [-0.2, 0) is 17.6 Å². The first kappa shape index (κ1) is 22.5. The van der Waals surface area contributed by atoms with E-state index in [4.69, 9.17) is 4.98 Å². The minimum absolute atomic E-state index is 0.0947. The van der Waals surface area contributed by atoms with E-state index in [1.807, 2.05) is 32.0 Å². The molecule has 4 rings (SSSR count). The number of imide groups is 1. The van der Waals surface area contributed by atoms with Gasteiger partial charge in [0.05, 0.1) is 16.3 Å². The molecule has 0 saturated carbocycles. The number of thioether (sulfide) groups is 1. The molecule has 2 heterocycles. The molecular formula is C23H26N4O3S2. The van der Waals surface area contributed by atoms with Gasteiger partial charge >= 0.3 is 6.03 Å². The molecule has 0 fully saturated rings. The van der Waals surface area contributed by atoms with Gasteiger partial charge < -0.3 is 5.32 Å². The number of hydrogen-bond donors (Lipinski definition) is 2. The lowest BCUT2D eigenvalue weighted by molar-refractivity contribution is -0.119. The molecule has 2 aromatic heterocycles. The summed E-state index contributed by atoms with van der Waals surface area (Å²) in [4.78, 5) is 44.7. The number of rotatable bonds is 4. The van der Waals surface area contributed by atoms with Crippen LogP contribution < -0.4 is 16.2 Å². The molecular weight excluding hydrogens is 444 g/mol. The van der Waals surface area contributed by atoms with Crippen molar-refractivity contribution in [3.63, 3.8) is 0 Å². The lowest BCUT2D eigenvalue weighted by Gasteiger charge is -2.17. The van der Waals surface area contributed by atoms with E-state index < -0.39 is 17.2 Å². The third-order valence-corrected chi connectivity index (χ3v) is 7.90. The monoisotopic (exact) mass is 470 g/mol. The fraction of sp³-hybridized carbons (Fsp3) is 0.391. The van der Waals surface area contributed by atoms with Crippen LogP contribution in [0.2, 0.25) is 0 Å². The Hall–Kier alpha value is -2.65. The number of aryl methyl sites for hydroxylation is 4. The molecule has 7 nitrogen and oxygen atoms in total. The Labute approximate surface area is 194 Å². The highest BCUT2D eigenvalue weighted by molar-refractivity contribution is 8.00. The van der Waals surface area contributed by atoms with Crippen molar-refractivity contribution < 1.29 is 9.59 Å². The highest BCUT2D eigenvalue weighted by Crippen LogP contribution is 2.36. The molecule has 32 heavy (non-hydrogen) atoms. The SMILES string of the molecule is CNC(=O)NC(=O)C(C)Sc1nc2sc3c(c2c(=O)n1-c1ccc(C)cc1C)CCCC3. The van der Waals surface area contributed by atoms with E-state index in [1.165, 1.54) is 23.7 Å². The Morgan fingerprint density at radius 3 is 2.69 bits per heavy atom. The molecule has 0 bridgehead atoms. The topological polar surface area (TPSA) is 93.1 Å². The van der Waals surface area contributed by atoms with Crippen LogP contribution in [0.5, 0.6) is 0 Å². The van der Waals surface area contributed by atoms with Crippen LogP contribution in [0.25, 0.3) is 15.9 Å². The van der Waals surface area contributed by atoms with Crippen LogP contribution >= 0.6 is 23.1 Å². The Bertz CT molecular complexity index is 1280. The summed E-state index contributed by atoms with van der Waals surface area (Å²) in [5.74, 6) is -0.443. The number of thiophene rings is 1. The van der Waals surface area contributed by atoms with Gasteiger partial charge in [0, 0.05) is 11.9 Å². The summed E-state index contributed by atoms with van der Waals surface area (Å²) in [5, 5.41) is 5.21. The highest BCUT2D eigenvalue weighted by atomic mass is 32.2. The number of carbonyl (C=O) groups excluding carboxylic acids is 2. The number of carbonyl (C=O) groups is 2. The van der Waals surface area contributed by atoms with Gasteiger partial charge in [-0.05, 0) is 63.6 Å². The largest absolute Gasteiger partial charge is 0.341 e. The summed E-state index contributed by atoms with van der Waals surface area (Å²) < 4.78 is 1.63. The van der Waals surface area contributed by atoms with Crippen molar-refractivity contribution in [3.05, 3.63) is 50.1 Å². The Balaban J connectivity index is 1.88. The maximum atomic E-state index is 13.8.